The van der Waals surface area contributed by atoms with E-state index in [0.29, 0.717) is 29.7 Å². The van der Waals surface area contributed by atoms with E-state index in [4.69, 9.17) is 16.0 Å². The molecule has 2 fully saturated rings. The van der Waals surface area contributed by atoms with Gasteiger partial charge in [-0.3, -0.25) is 0 Å². The molecular weight excluding hydrogens is 462 g/mol. The van der Waals surface area contributed by atoms with Crippen molar-refractivity contribution in [1.82, 2.24) is 14.5 Å². The van der Waals surface area contributed by atoms with E-state index in [1.54, 1.807) is 0 Å². The van der Waals surface area contributed by atoms with Crippen molar-refractivity contribution in [2.45, 2.75) is 51.5 Å². The maximum atomic E-state index is 9.56. The number of halogens is 1. The molecule has 35 heavy (non-hydrogen) atoms. The first-order valence-electron chi connectivity index (χ1n) is 12.2. The maximum Gasteiger partial charge on any atom is 0.234 e. The number of hydrogen-bond donors (Lipinski definition) is 0. The fraction of sp³-hybridized carbons (Fsp3) is 0.481. The molecule has 5 rings (SSSR count). The summed E-state index contributed by atoms with van der Waals surface area (Å²) in [5.41, 5.74) is 2.66. The van der Waals surface area contributed by atoms with Gasteiger partial charge in [0, 0.05) is 30.7 Å². The second-order valence-corrected chi connectivity index (χ2v) is 9.38. The second-order valence-electron chi connectivity index (χ2n) is 9.38. The van der Waals surface area contributed by atoms with Crippen molar-refractivity contribution in [3.63, 3.8) is 0 Å². The van der Waals surface area contributed by atoms with E-state index in [1.807, 2.05) is 30.5 Å². The van der Waals surface area contributed by atoms with Gasteiger partial charge < -0.3 is 14.0 Å². The molecule has 1 unspecified atom stereocenters. The van der Waals surface area contributed by atoms with Crippen molar-refractivity contribution in [1.29, 1.82) is 5.26 Å². The molecule has 1 saturated heterocycles. The molecule has 2 aromatic heterocycles. The smallest absolute Gasteiger partial charge is 0.234 e. The van der Waals surface area contributed by atoms with Crippen LogP contribution >= 0.6 is 12.4 Å². The third-order valence-corrected chi connectivity index (χ3v) is 7.06. The topological polar surface area (TPSA) is 77.3 Å². The molecule has 182 valence electrons. The lowest BCUT2D eigenvalue weighted by atomic mass is 9.87. The fourth-order valence-electron chi connectivity index (χ4n) is 5.17. The predicted molar refractivity (Wildman–Crippen MR) is 137 cm³/mol. The molecule has 7 nitrogen and oxygen atoms in total. The van der Waals surface area contributed by atoms with Crippen molar-refractivity contribution < 1.29 is 9.47 Å². The van der Waals surface area contributed by atoms with Crippen molar-refractivity contribution in [3.05, 3.63) is 47.7 Å². The normalized spacial score (nSPS) is 18.1. The molecular formula is C27H30ClN5O2. The molecule has 3 heterocycles. The third-order valence-electron chi connectivity index (χ3n) is 7.06. The number of rotatable bonds is 7. The Balaban J connectivity index is 0.00000289. The van der Waals surface area contributed by atoms with Gasteiger partial charge in [0.25, 0.3) is 0 Å². The lowest BCUT2D eigenvalue weighted by molar-refractivity contribution is 0.182. The largest absolute Gasteiger partial charge is 0.505 e. The Labute approximate surface area is 212 Å². The molecule has 0 N–H and O–H groups in total. The quantitative estimate of drug-likeness (QED) is 0.361. The van der Waals surface area contributed by atoms with Crippen LogP contribution in [0.2, 0.25) is 0 Å². The fourth-order valence-corrected chi connectivity index (χ4v) is 5.17. The molecule has 0 spiro atoms. The van der Waals surface area contributed by atoms with Gasteiger partial charge in [-0.1, -0.05) is 38.2 Å². The first kappa shape index (κ1) is 25.0. The Hall–Kier alpha value is -3.13. The van der Waals surface area contributed by atoms with Crippen LogP contribution in [-0.2, 0) is 11.3 Å². The Morgan fingerprint density at radius 3 is 2.74 bits per heavy atom. The van der Waals surface area contributed by atoms with Crippen LogP contribution in [0.15, 0.2) is 30.5 Å². The monoisotopic (exact) mass is 491 g/mol. The first-order chi connectivity index (χ1) is 16.7. The number of ether oxygens (including phenoxy) is 2. The minimum atomic E-state index is 0. The van der Waals surface area contributed by atoms with Crippen LogP contribution in [0.3, 0.4) is 0 Å². The van der Waals surface area contributed by atoms with Gasteiger partial charge in [0.1, 0.15) is 17.5 Å². The summed E-state index contributed by atoms with van der Waals surface area (Å²) in [6.45, 7) is 10.7. The van der Waals surface area contributed by atoms with Gasteiger partial charge in [0.2, 0.25) is 11.5 Å². The van der Waals surface area contributed by atoms with Gasteiger partial charge in [-0.15, -0.1) is 12.4 Å². The molecule has 1 atom stereocenters. The average molecular weight is 492 g/mol. The number of fused-ring (bicyclic) bond motifs is 1. The van der Waals surface area contributed by atoms with E-state index in [-0.39, 0.29) is 18.2 Å². The van der Waals surface area contributed by atoms with Crippen molar-refractivity contribution >= 4 is 29.1 Å². The number of nitriles is 1. The Bertz CT molecular complexity index is 1250. The summed E-state index contributed by atoms with van der Waals surface area (Å²) < 4.78 is 13.6. The van der Waals surface area contributed by atoms with Crippen LogP contribution in [-0.4, -0.2) is 34.4 Å². The lowest BCUT2D eigenvalue weighted by Crippen LogP contribution is -2.11. The molecule has 0 bridgehead atoms. The van der Waals surface area contributed by atoms with Crippen molar-refractivity contribution in [3.8, 4) is 23.1 Å². The SMILES string of the molecule is Cl.[C-]#[N+]c1cc(-c2nc(C#N)nc3c2ccn3CC2CCOC2)ccc1OCCC1CCCCC1. The van der Waals surface area contributed by atoms with Gasteiger partial charge >= 0.3 is 0 Å². The van der Waals surface area contributed by atoms with Gasteiger partial charge in [0.05, 0.1) is 25.5 Å². The van der Waals surface area contributed by atoms with Gasteiger partial charge in [-0.25, -0.2) is 14.8 Å². The Kier molecular flexibility index (Phi) is 8.23. The summed E-state index contributed by atoms with van der Waals surface area (Å²) in [5, 5.41) is 10.4. The highest BCUT2D eigenvalue weighted by Gasteiger charge is 2.20. The predicted octanol–water partition coefficient (Wildman–Crippen LogP) is 6.33. The molecule has 1 aromatic carbocycles. The standard InChI is InChI=1S/C27H29N5O2.ClH/c1-29-23-15-21(7-8-24(23)34-14-11-19-5-3-2-4-6-19)26-22-9-12-32(17-20-10-13-33-18-20)27(22)31-25(16-28)30-26;/h7-9,12,15,19-20H,2-6,10-11,13-14,17-18H2;1H. The van der Waals surface area contributed by atoms with Crippen LogP contribution in [0.25, 0.3) is 27.1 Å². The molecule has 0 amide bonds. The summed E-state index contributed by atoms with van der Waals surface area (Å²) in [6, 6.07) is 9.68. The van der Waals surface area contributed by atoms with Crippen molar-refractivity contribution in [2.24, 2.45) is 11.8 Å². The molecule has 1 saturated carbocycles. The zero-order valence-corrected chi connectivity index (χ0v) is 20.6. The molecule has 1 aliphatic carbocycles. The average Bonchev–Trinajstić information content (AvgIpc) is 3.55. The maximum absolute atomic E-state index is 9.56. The Morgan fingerprint density at radius 1 is 1.14 bits per heavy atom. The summed E-state index contributed by atoms with van der Waals surface area (Å²) in [6.07, 6.45) is 10.6. The van der Waals surface area contributed by atoms with Crippen LogP contribution in [0.5, 0.6) is 5.75 Å². The van der Waals surface area contributed by atoms with Crippen molar-refractivity contribution in [2.75, 3.05) is 19.8 Å². The summed E-state index contributed by atoms with van der Waals surface area (Å²) >= 11 is 0. The van der Waals surface area contributed by atoms with Crippen LogP contribution in [0, 0.1) is 29.7 Å². The van der Waals surface area contributed by atoms with Gasteiger partial charge in [0.15, 0.2) is 0 Å². The molecule has 1 aliphatic heterocycles. The number of hydrogen-bond acceptors (Lipinski definition) is 5. The highest BCUT2D eigenvalue weighted by atomic mass is 35.5. The highest BCUT2D eigenvalue weighted by Crippen LogP contribution is 2.36. The highest BCUT2D eigenvalue weighted by molar-refractivity contribution is 5.92. The summed E-state index contributed by atoms with van der Waals surface area (Å²) in [5.74, 6) is 1.92. The van der Waals surface area contributed by atoms with E-state index in [9.17, 15) is 5.26 Å². The van der Waals surface area contributed by atoms with Crippen LogP contribution < -0.4 is 4.74 Å². The summed E-state index contributed by atoms with van der Waals surface area (Å²) in [4.78, 5) is 12.7. The number of nitrogens with zero attached hydrogens (tertiary/aromatic N) is 5. The van der Waals surface area contributed by atoms with Crippen LogP contribution in [0.1, 0.15) is 50.8 Å². The molecule has 3 aromatic rings. The van der Waals surface area contributed by atoms with E-state index in [2.05, 4.69) is 25.4 Å². The molecule has 2 aliphatic rings. The van der Waals surface area contributed by atoms with Gasteiger partial charge in [-0.2, -0.15) is 5.26 Å². The summed E-state index contributed by atoms with van der Waals surface area (Å²) in [7, 11) is 0. The van der Waals surface area contributed by atoms with Crippen LogP contribution in [0.4, 0.5) is 5.69 Å². The second kappa shape index (κ2) is 11.5. The number of benzene rings is 1. The van der Waals surface area contributed by atoms with E-state index < -0.39 is 0 Å². The third kappa shape index (κ3) is 5.59. The molecule has 0 radical (unpaired) electrons. The minimum Gasteiger partial charge on any atom is -0.505 e. The van der Waals surface area contributed by atoms with E-state index in [1.165, 1.54) is 32.1 Å². The minimum absolute atomic E-state index is 0. The zero-order valence-electron chi connectivity index (χ0n) is 19.8. The van der Waals surface area contributed by atoms with E-state index >= 15 is 0 Å². The lowest BCUT2D eigenvalue weighted by Gasteiger charge is -2.21. The molecule has 8 heteroatoms. The zero-order chi connectivity index (χ0) is 23.3. The van der Waals surface area contributed by atoms with E-state index in [0.717, 1.165) is 55.1 Å². The Morgan fingerprint density at radius 2 is 2.00 bits per heavy atom. The number of aromatic nitrogens is 3. The first-order valence-corrected chi connectivity index (χ1v) is 12.2. The van der Waals surface area contributed by atoms with Gasteiger partial charge in [-0.05, 0) is 42.5 Å².